The maximum Gasteiger partial charge on any atom is 0.0468 e. The van der Waals surface area contributed by atoms with Crippen LogP contribution in [0, 0.1) is 19.8 Å². The Kier molecular flexibility index (Phi) is 4.97. The average Bonchev–Trinajstić information content (AvgIpc) is 2.22. The summed E-state index contributed by atoms with van der Waals surface area (Å²) in [5, 5.41) is 9.01. The molecule has 0 spiro atoms. The molecule has 1 atom stereocenters. The van der Waals surface area contributed by atoms with Crippen LogP contribution in [-0.4, -0.2) is 30.2 Å². The van der Waals surface area contributed by atoms with Crippen LogP contribution < -0.4 is 0 Å². The standard InChI is InChI=1S/C14H23NO/c1-11-5-6-14(13(3)7-11)9-15(4)8-12(2)10-16/h5-7,12,16H,8-10H2,1-4H3. The molecule has 1 N–H and O–H groups in total. The van der Waals surface area contributed by atoms with Gasteiger partial charge in [0, 0.05) is 19.7 Å². The average molecular weight is 221 g/mol. The molecule has 0 heterocycles. The van der Waals surface area contributed by atoms with Crippen molar-refractivity contribution >= 4 is 0 Å². The topological polar surface area (TPSA) is 23.5 Å². The first-order chi connectivity index (χ1) is 7.52. The van der Waals surface area contributed by atoms with Gasteiger partial charge in [0.2, 0.25) is 0 Å². The van der Waals surface area contributed by atoms with E-state index in [4.69, 9.17) is 5.11 Å². The minimum Gasteiger partial charge on any atom is -0.396 e. The minimum atomic E-state index is 0.261. The van der Waals surface area contributed by atoms with Crippen molar-refractivity contribution in [1.29, 1.82) is 0 Å². The first kappa shape index (κ1) is 13.2. The van der Waals surface area contributed by atoms with Crippen molar-refractivity contribution in [3.05, 3.63) is 34.9 Å². The maximum absolute atomic E-state index is 9.01. The first-order valence-corrected chi connectivity index (χ1v) is 5.88. The van der Waals surface area contributed by atoms with Gasteiger partial charge in [0.1, 0.15) is 0 Å². The van der Waals surface area contributed by atoms with Crippen molar-refractivity contribution in [2.45, 2.75) is 27.3 Å². The van der Waals surface area contributed by atoms with Gasteiger partial charge in [-0.3, -0.25) is 0 Å². The monoisotopic (exact) mass is 221 g/mol. The molecule has 0 aliphatic rings. The van der Waals surface area contributed by atoms with Crippen LogP contribution in [-0.2, 0) is 6.54 Å². The third-order valence-electron chi connectivity index (χ3n) is 2.87. The Balaban J connectivity index is 2.59. The molecule has 0 amide bonds. The van der Waals surface area contributed by atoms with Crippen LogP contribution in [0.3, 0.4) is 0 Å². The molecular weight excluding hydrogens is 198 g/mol. The van der Waals surface area contributed by atoms with Gasteiger partial charge in [-0.2, -0.15) is 0 Å². The normalized spacial score (nSPS) is 13.1. The highest BCUT2D eigenvalue weighted by atomic mass is 16.3. The number of aliphatic hydroxyl groups excluding tert-OH is 1. The lowest BCUT2D eigenvalue weighted by molar-refractivity contribution is 0.187. The molecule has 0 aliphatic carbocycles. The van der Waals surface area contributed by atoms with E-state index in [2.05, 4.69) is 50.9 Å². The Morgan fingerprint density at radius 2 is 2.00 bits per heavy atom. The van der Waals surface area contributed by atoms with E-state index in [1.54, 1.807) is 0 Å². The molecule has 0 aliphatic heterocycles. The number of benzene rings is 1. The summed E-state index contributed by atoms with van der Waals surface area (Å²) in [5.41, 5.74) is 4.04. The number of aliphatic hydroxyl groups is 1. The van der Waals surface area contributed by atoms with Crippen molar-refractivity contribution < 1.29 is 5.11 Å². The molecule has 0 bridgehead atoms. The van der Waals surface area contributed by atoms with Crippen LogP contribution in [0.4, 0.5) is 0 Å². The summed E-state index contributed by atoms with van der Waals surface area (Å²) in [6.45, 7) is 8.50. The molecule has 16 heavy (non-hydrogen) atoms. The lowest BCUT2D eigenvalue weighted by Crippen LogP contribution is -2.26. The predicted octanol–water partition coefficient (Wildman–Crippen LogP) is 2.36. The van der Waals surface area contributed by atoms with Gasteiger partial charge in [0.05, 0.1) is 0 Å². The van der Waals surface area contributed by atoms with Crippen LogP contribution in [0.2, 0.25) is 0 Å². The maximum atomic E-state index is 9.01. The molecule has 0 radical (unpaired) electrons. The Bertz CT molecular complexity index is 336. The second kappa shape index (κ2) is 6.02. The van der Waals surface area contributed by atoms with Gasteiger partial charge in [-0.05, 0) is 37.9 Å². The van der Waals surface area contributed by atoms with Gasteiger partial charge in [0.25, 0.3) is 0 Å². The number of hydrogen-bond donors (Lipinski definition) is 1. The number of aryl methyl sites for hydroxylation is 2. The van der Waals surface area contributed by atoms with Gasteiger partial charge in [-0.15, -0.1) is 0 Å². The lowest BCUT2D eigenvalue weighted by Gasteiger charge is -2.21. The molecule has 0 saturated heterocycles. The van der Waals surface area contributed by atoms with Gasteiger partial charge in [-0.1, -0.05) is 30.7 Å². The van der Waals surface area contributed by atoms with Crippen LogP contribution in [0.15, 0.2) is 18.2 Å². The van der Waals surface area contributed by atoms with Gasteiger partial charge < -0.3 is 10.0 Å². The lowest BCUT2D eigenvalue weighted by atomic mass is 10.0. The summed E-state index contributed by atoms with van der Waals surface area (Å²) >= 11 is 0. The van der Waals surface area contributed by atoms with Gasteiger partial charge in [-0.25, -0.2) is 0 Å². The van der Waals surface area contributed by atoms with Crippen LogP contribution in [0.1, 0.15) is 23.6 Å². The third kappa shape index (κ3) is 3.95. The second-order valence-electron chi connectivity index (χ2n) is 4.91. The zero-order valence-corrected chi connectivity index (χ0v) is 10.8. The molecule has 1 aromatic rings. The van der Waals surface area contributed by atoms with E-state index in [-0.39, 0.29) is 6.61 Å². The molecule has 0 fully saturated rings. The van der Waals surface area contributed by atoms with Crippen LogP contribution >= 0.6 is 0 Å². The van der Waals surface area contributed by atoms with E-state index in [0.717, 1.165) is 13.1 Å². The fourth-order valence-electron chi connectivity index (χ4n) is 1.97. The van der Waals surface area contributed by atoms with Crippen LogP contribution in [0.25, 0.3) is 0 Å². The largest absolute Gasteiger partial charge is 0.396 e. The Morgan fingerprint density at radius 1 is 1.31 bits per heavy atom. The highest BCUT2D eigenvalue weighted by molar-refractivity contribution is 5.30. The molecule has 0 aromatic heterocycles. The minimum absolute atomic E-state index is 0.261. The Morgan fingerprint density at radius 3 is 2.56 bits per heavy atom. The molecule has 1 unspecified atom stereocenters. The molecule has 0 saturated carbocycles. The zero-order valence-electron chi connectivity index (χ0n) is 10.8. The summed E-state index contributed by atoms with van der Waals surface area (Å²) < 4.78 is 0. The molecule has 2 heteroatoms. The molecule has 2 nitrogen and oxygen atoms in total. The van der Waals surface area contributed by atoms with Crippen molar-refractivity contribution in [2.24, 2.45) is 5.92 Å². The SMILES string of the molecule is Cc1ccc(CN(C)CC(C)CO)c(C)c1. The molecule has 1 rings (SSSR count). The van der Waals surface area contributed by atoms with E-state index in [1.165, 1.54) is 16.7 Å². The number of rotatable bonds is 5. The number of hydrogen-bond acceptors (Lipinski definition) is 2. The Hall–Kier alpha value is -0.860. The molecule has 1 aromatic carbocycles. The summed E-state index contributed by atoms with van der Waals surface area (Å²) in [4.78, 5) is 2.26. The highest BCUT2D eigenvalue weighted by Gasteiger charge is 2.07. The Labute approximate surface area is 98.9 Å². The van der Waals surface area contributed by atoms with E-state index in [0.29, 0.717) is 5.92 Å². The smallest absolute Gasteiger partial charge is 0.0468 e. The predicted molar refractivity (Wildman–Crippen MR) is 68.5 cm³/mol. The molecule has 90 valence electrons. The summed E-state index contributed by atoms with van der Waals surface area (Å²) in [7, 11) is 2.10. The van der Waals surface area contributed by atoms with Crippen LogP contribution in [0.5, 0.6) is 0 Å². The first-order valence-electron chi connectivity index (χ1n) is 5.88. The van der Waals surface area contributed by atoms with E-state index < -0.39 is 0 Å². The highest BCUT2D eigenvalue weighted by Crippen LogP contribution is 2.13. The van der Waals surface area contributed by atoms with Crippen molar-refractivity contribution in [3.8, 4) is 0 Å². The zero-order chi connectivity index (χ0) is 12.1. The van der Waals surface area contributed by atoms with Crippen molar-refractivity contribution in [2.75, 3.05) is 20.2 Å². The van der Waals surface area contributed by atoms with Crippen molar-refractivity contribution in [3.63, 3.8) is 0 Å². The fraction of sp³-hybridized carbons (Fsp3) is 0.571. The fourth-order valence-corrected chi connectivity index (χ4v) is 1.97. The summed E-state index contributed by atoms with van der Waals surface area (Å²) in [5.74, 6) is 0.343. The summed E-state index contributed by atoms with van der Waals surface area (Å²) in [6, 6.07) is 6.58. The van der Waals surface area contributed by atoms with Gasteiger partial charge in [0.15, 0.2) is 0 Å². The third-order valence-corrected chi connectivity index (χ3v) is 2.87. The van der Waals surface area contributed by atoms with Crippen molar-refractivity contribution in [1.82, 2.24) is 4.90 Å². The summed E-state index contributed by atoms with van der Waals surface area (Å²) in [6.07, 6.45) is 0. The van der Waals surface area contributed by atoms with E-state index in [1.807, 2.05) is 0 Å². The second-order valence-corrected chi connectivity index (χ2v) is 4.91. The molecular formula is C14H23NO. The van der Waals surface area contributed by atoms with E-state index >= 15 is 0 Å². The number of nitrogens with zero attached hydrogens (tertiary/aromatic N) is 1. The van der Waals surface area contributed by atoms with Gasteiger partial charge >= 0.3 is 0 Å². The quantitative estimate of drug-likeness (QED) is 0.825. The van der Waals surface area contributed by atoms with E-state index in [9.17, 15) is 0 Å².